The molecule has 27 heavy (non-hydrogen) atoms. The normalized spacial score (nSPS) is 39.7. The molecule has 1 N–H and O–H groups in total. The number of aliphatic hydroxyl groups excluding tert-OH is 1. The van der Waals surface area contributed by atoms with Crippen LogP contribution in [0.4, 0.5) is 0 Å². The first kappa shape index (κ1) is 18.7. The lowest BCUT2D eigenvalue weighted by Gasteiger charge is -2.54. The Morgan fingerprint density at radius 2 is 2.00 bits per heavy atom. The van der Waals surface area contributed by atoms with Crippen LogP contribution < -0.4 is 0 Å². The molecule has 148 valence electrons. The van der Waals surface area contributed by atoms with Gasteiger partial charge in [-0.05, 0) is 31.1 Å². The second-order valence-electron chi connectivity index (χ2n) is 9.46. The van der Waals surface area contributed by atoms with Gasteiger partial charge in [0, 0.05) is 23.0 Å². The number of esters is 1. The third-order valence-electron chi connectivity index (χ3n) is 7.20. The van der Waals surface area contributed by atoms with Gasteiger partial charge in [-0.3, -0.25) is 9.59 Å². The topological polar surface area (TPSA) is 72.8 Å². The highest BCUT2D eigenvalue weighted by molar-refractivity contribution is 6.10. The predicted molar refractivity (Wildman–Crippen MR) is 99.5 cm³/mol. The van der Waals surface area contributed by atoms with Gasteiger partial charge in [-0.1, -0.05) is 40.2 Å². The minimum absolute atomic E-state index is 0.0222. The molecule has 3 fully saturated rings. The highest BCUT2D eigenvalue weighted by atomic mass is 16.6. The summed E-state index contributed by atoms with van der Waals surface area (Å²) in [5.74, 6) is -0.650. The number of ether oxygens (including phenoxy) is 2. The fourth-order valence-corrected chi connectivity index (χ4v) is 6.20. The van der Waals surface area contributed by atoms with Crippen molar-refractivity contribution in [2.75, 3.05) is 6.61 Å². The Labute approximate surface area is 160 Å². The van der Waals surface area contributed by atoms with Crippen molar-refractivity contribution >= 4 is 11.8 Å². The van der Waals surface area contributed by atoms with Crippen molar-refractivity contribution in [2.24, 2.45) is 28.6 Å². The Balaban J connectivity index is 1.99. The lowest BCUT2D eigenvalue weighted by Crippen LogP contribution is -2.58. The average Bonchev–Trinajstić information content (AvgIpc) is 2.86. The molecular weight excluding hydrogens is 344 g/mol. The number of allylic oxidation sites excluding steroid dienone is 1. The standard InChI is InChI=1S/C22H30O5/c1-6-26-17-14-13(10-12(11(2)3)15(17)23)16(24)18-19-21(4,5)8-7-9-22(14,19)20(25)27-18/h10-11,13,16,18-19,24H,6-9H2,1-5H3/t13-,16?,18+,19-,22-/m0/s1. The van der Waals surface area contributed by atoms with Crippen molar-refractivity contribution in [1.82, 2.24) is 0 Å². The summed E-state index contributed by atoms with van der Waals surface area (Å²) in [5.41, 5.74) is 0.331. The van der Waals surface area contributed by atoms with Crippen LogP contribution in [-0.2, 0) is 19.1 Å². The van der Waals surface area contributed by atoms with Crippen LogP contribution in [0.25, 0.3) is 0 Å². The van der Waals surface area contributed by atoms with Crippen molar-refractivity contribution in [3.05, 3.63) is 23.0 Å². The van der Waals surface area contributed by atoms with Gasteiger partial charge in [0.1, 0.15) is 17.6 Å². The van der Waals surface area contributed by atoms with Gasteiger partial charge in [0.15, 0.2) is 5.76 Å². The lowest BCUT2D eigenvalue weighted by atomic mass is 9.46. The first-order chi connectivity index (χ1) is 12.7. The van der Waals surface area contributed by atoms with Crippen LogP contribution in [-0.4, -0.2) is 35.7 Å². The van der Waals surface area contributed by atoms with Crippen molar-refractivity contribution in [1.29, 1.82) is 0 Å². The second-order valence-corrected chi connectivity index (χ2v) is 9.46. The average molecular weight is 374 g/mol. The first-order valence-electron chi connectivity index (χ1n) is 10.2. The smallest absolute Gasteiger partial charge is 0.317 e. The van der Waals surface area contributed by atoms with Crippen molar-refractivity contribution < 1.29 is 24.2 Å². The fourth-order valence-electron chi connectivity index (χ4n) is 6.20. The lowest BCUT2D eigenvalue weighted by molar-refractivity contribution is -0.149. The summed E-state index contributed by atoms with van der Waals surface area (Å²) in [6.45, 7) is 10.4. The number of ketones is 1. The van der Waals surface area contributed by atoms with Gasteiger partial charge in [-0.2, -0.15) is 0 Å². The van der Waals surface area contributed by atoms with E-state index in [4.69, 9.17) is 9.47 Å². The van der Waals surface area contributed by atoms with E-state index in [1.165, 1.54) is 0 Å². The van der Waals surface area contributed by atoms with Crippen molar-refractivity contribution in [2.45, 2.75) is 66.1 Å². The van der Waals surface area contributed by atoms with E-state index >= 15 is 0 Å². The maximum atomic E-state index is 13.2. The van der Waals surface area contributed by atoms with E-state index in [2.05, 4.69) is 13.8 Å². The van der Waals surface area contributed by atoms with Crippen LogP contribution >= 0.6 is 0 Å². The van der Waals surface area contributed by atoms with Crippen molar-refractivity contribution in [3.8, 4) is 0 Å². The summed E-state index contributed by atoms with van der Waals surface area (Å²) in [4.78, 5) is 26.5. The molecule has 2 saturated carbocycles. The number of rotatable bonds is 3. The van der Waals surface area contributed by atoms with E-state index in [0.29, 0.717) is 24.2 Å². The Hall–Kier alpha value is -1.62. The molecule has 5 nitrogen and oxygen atoms in total. The van der Waals surface area contributed by atoms with Gasteiger partial charge in [0.2, 0.25) is 5.78 Å². The van der Waals surface area contributed by atoms with E-state index in [1.807, 2.05) is 26.8 Å². The predicted octanol–water partition coefficient (Wildman–Crippen LogP) is 3.17. The molecule has 1 heterocycles. The SMILES string of the molecule is CCOC1=C2[C@H](C=C(C(C)C)C1=O)C(O)[C@H]1OC(=O)[C@@]23CCCC(C)(C)[C@H]13. The summed E-state index contributed by atoms with van der Waals surface area (Å²) in [6, 6.07) is 0. The number of aliphatic hydroxyl groups is 1. The van der Waals surface area contributed by atoms with E-state index in [0.717, 1.165) is 12.8 Å². The molecule has 0 spiro atoms. The molecule has 1 saturated heterocycles. The molecule has 0 radical (unpaired) electrons. The summed E-state index contributed by atoms with van der Waals surface area (Å²) >= 11 is 0. The maximum Gasteiger partial charge on any atom is 0.317 e. The zero-order valence-electron chi connectivity index (χ0n) is 16.9. The van der Waals surface area contributed by atoms with Gasteiger partial charge in [-0.25, -0.2) is 0 Å². The quantitative estimate of drug-likeness (QED) is 0.768. The fraction of sp³-hybridized carbons (Fsp3) is 0.727. The van der Waals surface area contributed by atoms with Crippen LogP contribution in [0.15, 0.2) is 23.0 Å². The number of carbonyl (C=O) groups excluding carboxylic acids is 2. The summed E-state index contributed by atoms with van der Waals surface area (Å²) in [7, 11) is 0. The number of hydrogen-bond acceptors (Lipinski definition) is 5. The van der Waals surface area contributed by atoms with Crippen LogP contribution in [0.1, 0.15) is 53.9 Å². The third kappa shape index (κ3) is 2.27. The maximum absolute atomic E-state index is 13.2. The van der Waals surface area contributed by atoms with Gasteiger partial charge in [0.25, 0.3) is 0 Å². The zero-order chi connectivity index (χ0) is 19.7. The molecule has 4 aliphatic rings. The number of hydrogen-bond donors (Lipinski definition) is 1. The molecular formula is C22H30O5. The Morgan fingerprint density at radius 3 is 2.63 bits per heavy atom. The molecule has 5 heteroatoms. The number of Topliss-reactive ketones (excluding diaryl/α,β-unsaturated/α-hetero) is 1. The van der Waals surface area contributed by atoms with Crippen LogP contribution in [0.2, 0.25) is 0 Å². The van der Waals surface area contributed by atoms with Crippen LogP contribution in [0.5, 0.6) is 0 Å². The molecule has 1 aliphatic heterocycles. The van der Waals surface area contributed by atoms with Crippen LogP contribution in [0.3, 0.4) is 0 Å². The number of carbonyl (C=O) groups is 2. The van der Waals surface area contributed by atoms with Gasteiger partial charge >= 0.3 is 5.97 Å². The Morgan fingerprint density at radius 1 is 1.30 bits per heavy atom. The second kappa shape index (κ2) is 5.94. The largest absolute Gasteiger partial charge is 0.490 e. The molecule has 2 bridgehead atoms. The third-order valence-corrected chi connectivity index (χ3v) is 7.20. The van der Waals surface area contributed by atoms with E-state index in [1.54, 1.807) is 0 Å². The molecule has 0 aromatic heterocycles. The minimum Gasteiger partial charge on any atom is -0.490 e. The molecule has 0 aromatic rings. The Kier molecular flexibility index (Phi) is 4.12. The van der Waals surface area contributed by atoms with Gasteiger partial charge < -0.3 is 14.6 Å². The summed E-state index contributed by atoms with van der Waals surface area (Å²) < 4.78 is 11.7. The summed E-state index contributed by atoms with van der Waals surface area (Å²) in [6.07, 6.45) is 3.03. The van der Waals surface area contributed by atoms with Gasteiger partial charge in [0.05, 0.1) is 6.61 Å². The zero-order valence-corrected chi connectivity index (χ0v) is 16.9. The van der Waals surface area contributed by atoms with E-state index < -0.39 is 23.5 Å². The molecule has 0 aromatic carbocycles. The van der Waals surface area contributed by atoms with Crippen LogP contribution in [0, 0.1) is 28.6 Å². The minimum atomic E-state index is -0.852. The molecule has 1 unspecified atom stereocenters. The molecule has 4 rings (SSSR count). The van der Waals surface area contributed by atoms with Gasteiger partial charge in [-0.15, -0.1) is 0 Å². The van der Waals surface area contributed by atoms with Crippen molar-refractivity contribution in [3.63, 3.8) is 0 Å². The first-order valence-corrected chi connectivity index (χ1v) is 10.2. The molecule has 0 amide bonds. The monoisotopic (exact) mass is 374 g/mol. The molecule has 3 aliphatic carbocycles. The molecule has 5 atom stereocenters. The number of fused-ring (bicyclic) bond motifs is 1. The van der Waals surface area contributed by atoms with E-state index in [-0.39, 0.29) is 34.8 Å². The highest BCUT2D eigenvalue weighted by Crippen LogP contribution is 2.67. The summed E-state index contributed by atoms with van der Waals surface area (Å²) in [5, 5.41) is 11.2. The highest BCUT2D eigenvalue weighted by Gasteiger charge is 2.72. The van der Waals surface area contributed by atoms with E-state index in [9.17, 15) is 14.7 Å². The Bertz CT molecular complexity index is 759.